The van der Waals surface area contributed by atoms with Gasteiger partial charge in [0, 0.05) is 37.4 Å². The molecule has 2 aromatic heterocycles. The molecule has 2 aromatic rings. The monoisotopic (exact) mass is 333 g/mol. The minimum Gasteiger partial charge on any atom is -0.342 e. The topological polar surface area (TPSA) is 63.9 Å². The minimum absolute atomic E-state index is 0.252. The smallest absolute Gasteiger partial charge is 0.222 e. The number of aryl methyl sites for hydroxylation is 2. The molecule has 0 N–H and O–H groups in total. The molecule has 0 saturated carbocycles. The average molecular weight is 333 g/mol. The van der Waals surface area contributed by atoms with Crippen molar-refractivity contribution in [2.75, 3.05) is 13.1 Å². The summed E-state index contributed by atoms with van der Waals surface area (Å²) in [6.07, 6.45) is 7.78. The average Bonchev–Trinajstić information content (AvgIpc) is 3.26. The van der Waals surface area contributed by atoms with Gasteiger partial charge in [-0.2, -0.15) is 5.10 Å². The molecule has 0 aromatic carbocycles. The Hall–Kier alpha value is -1.76. The molecule has 0 aliphatic carbocycles. The van der Waals surface area contributed by atoms with Gasteiger partial charge in [-0.25, -0.2) is 9.97 Å². The van der Waals surface area contributed by atoms with Gasteiger partial charge in [0.2, 0.25) is 5.91 Å². The number of amides is 1. The van der Waals surface area contributed by atoms with E-state index in [-0.39, 0.29) is 5.91 Å². The Morgan fingerprint density at radius 3 is 3.13 bits per heavy atom. The summed E-state index contributed by atoms with van der Waals surface area (Å²) in [5.74, 6) is 0.662. The second-order valence-electron chi connectivity index (χ2n) is 5.97. The van der Waals surface area contributed by atoms with Gasteiger partial charge in [-0.3, -0.25) is 9.48 Å². The Kier molecular flexibility index (Phi) is 5.38. The Labute approximate surface area is 140 Å². The van der Waals surface area contributed by atoms with E-state index in [4.69, 9.17) is 4.98 Å². The van der Waals surface area contributed by atoms with Crippen molar-refractivity contribution < 1.29 is 4.79 Å². The molecule has 3 heterocycles. The summed E-state index contributed by atoms with van der Waals surface area (Å²) in [5.41, 5.74) is 1.17. The number of hydrogen-bond acceptors (Lipinski definition) is 5. The number of aromatic nitrogens is 4. The Bertz CT molecular complexity index is 624. The molecule has 1 saturated heterocycles. The van der Waals surface area contributed by atoms with E-state index in [0.717, 1.165) is 45.3 Å². The highest BCUT2D eigenvalue weighted by Crippen LogP contribution is 2.29. The molecular formula is C16H23N5OS. The highest BCUT2D eigenvalue weighted by Gasteiger charge is 2.26. The van der Waals surface area contributed by atoms with Crippen LogP contribution in [0.1, 0.15) is 49.2 Å². The lowest BCUT2D eigenvalue weighted by Crippen LogP contribution is -2.39. The molecule has 0 unspecified atom stereocenters. The van der Waals surface area contributed by atoms with Gasteiger partial charge >= 0.3 is 0 Å². The van der Waals surface area contributed by atoms with Crippen molar-refractivity contribution >= 4 is 17.2 Å². The van der Waals surface area contributed by atoms with Gasteiger partial charge in [-0.05, 0) is 25.7 Å². The maximum Gasteiger partial charge on any atom is 0.222 e. The third-order valence-electron chi connectivity index (χ3n) is 4.30. The zero-order chi connectivity index (χ0) is 16.1. The predicted octanol–water partition coefficient (Wildman–Crippen LogP) is 2.48. The van der Waals surface area contributed by atoms with Crippen molar-refractivity contribution in [1.29, 1.82) is 0 Å². The molecule has 1 aliphatic heterocycles. The molecular weight excluding hydrogens is 310 g/mol. The molecule has 0 radical (unpaired) electrons. The maximum absolute atomic E-state index is 12.4. The lowest BCUT2D eigenvalue weighted by atomic mass is 9.98. The van der Waals surface area contributed by atoms with E-state index < -0.39 is 0 Å². The summed E-state index contributed by atoms with van der Waals surface area (Å²) in [5, 5.41) is 7.40. The van der Waals surface area contributed by atoms with Crippen molar-refractivity contribution in [3.63, 3.8) is 0 Å². The van der Waals surface area contributed by atoms with Crippen LogP contribution in [0.3, 0.4) is 0 Å². The molecule has 0 bridgehead atoms. The minimum atomic E-state index is 0.252. The first-order valence-corrected chi connectivity index (χ1v) is 9.18. The normalized spacial score (nSPS) is 18.3. The molecule has 124 valence electrons. The van der Waals surface area contributed by atoms with Crippen LogP contribution in [0.5, 0.6) is 0 Å². The molecule has 7 heteroatoms. The Morgan fingerprint density at radius 2 is 2.39 bits per heavy atom. The van der Waals surface area contributed by atoms with Crippen LogP contribution in [-0.4, -0.2) is 43.6 Å². The summed E-state index contributed by atoms with van der Waals surface area (Å²) < 4.78 is 1.77. The third-order valence-corrected chi connectivity index (χ3v) is 5.36. The summed E-state index contributed by atoms with van der Waals surface area (Å²) in [7, 11) is 0. The predicted molar refractivity (Wildman–Crippen MR) is 89.3 cm³/mol. The molecule has 6 nitrogen and oxygen atoms in total. The highest BCUT2D eigenvalue weighted by atomic mass is 32.1. The Morgan fingerprint density at radius 1 is 1.48 bits per heavy atom. The molecule has 23 heavy (non-hydrogen) atoms. The van der Waals surface area contributed by atoms with Gasteiger partial charge < -0.3 is 4.90 Å². The quantitative estimate of drug-likeness (QED) is 0.815. The highest BCUT2D eigenvalue weighted by molar-refractivity contribution is 7.09. The van der Waals surface area contributed by atoms with E-state index in [9.17, 15) is 4.79 Å². The third kappa shape index (κ3) is 4.16. The first-order valence-electron chi connectivity index (χ1n) is 8.30. The van der Waals surface area contributed by atoms with Crippen LogP contribution in [0.15, 0.2) is 18.0 Å². The van der Waals surface area contributed by atoms with E-state index in [0.29, 0.717) is 12.3 Å². The van der Waals surface area contributed by atoms with Crippen LogP contribution in [0.4, 0.5) is 0 Å². The molecule has 1 aliphatic rings. The molecule has 0 spiro atoms. The lowest BCUT2D eigenvalue weighted by Gasteiger charge is -2.32. The largest absolute Gasteiger partial charge is 0.342 e. The number of rotatable bonds is 6. The van der Waals surface area contributed by atoms with E-state index >= 15 is 0 Å². The summed E-state index contributed by atoms with van der Waals surface area (Å²) >= 11 is 1.74. The number of thiazole rings is 1. The van der Waals surface area contributed by atoms with Gasteiger partial charge in [0.25, 0.3) is 0 Å². The SMILES string of the molecule is CCc1csc([C@H]2CCCN(C(=O)CCCn3cncn3)C2)n1. The first kappa shape index (κ1) is 16.1. The van der Waals surface area contributed by atoms with Crippen LogP contribution < -0.4 is 0 Å². The van der Waals surface area contributed by atoms with Crippen molar-refractivity contribution in [2.45, 2.75) is 51.5 Å². The first-order chi connectivity index (χ1) is 11.3. The van der Waals surface area contributed by atoms with Crippen LogP contribution in [0.2, 0.25) is 0 Å². The lowest BCUT2D eigenvalue weighted by molar-refractivity contribution is -0.132. The molecule has 1 fully saturated rings. The van der Waals surface area contributed by atoms with E-state index in [1.807, 2.05) is 4.90 Å². The van der Waals surface area contributed by atoms with Crippen molar-refractivity contribution in [3.8, 4) is 0 Å². The fourth-order valence-corrected chi connectivity index (χ4v) is 4.01. The van der Waals surface area contributed by atoms with Gasteiger partial charge in [-0.15, -0.1) is 11.3 Å². The molecule has 1 atom stereocenters. The van der Waals surface area contributed by atoms with Gasteiger partial charge in [0.05, 0.1) is 10.7 Å². The fourth-order valence-electron chi connectivity index (χ4n) is 2.98. The van der Waals surface area contributed by atoms with E-state index in [1.54, 1.807) is 22.3 Å². The second kappa shape index (κ2) is 7.68. The van der Waals surface area contributed by atoms with Crippen LogP contribution in [0, 0.1) is 0 Å². The number of hydrogen-bond donors (Lipinski definition) is 0. The van der Waals surface area contributed by atoms with Gasteiger partial charge in [-0.1, -0.05) is 6.92 Å². The zero-order valence-electron chi connectivity index (χ0n) is 13.5. The van der Waals surface area contributed by atoms with Gasteiger partial charge in [0.15, 0.2) is 0 Å². The molecule has 1 amide bonds. The number of piperidine rings is 1. The molecule has 3 rings (SSSR count). The number of carbonyl (C=O) groups is 1. The van der Waals surface area contributed by atoms with Crippen molar-refractivity contribution in [1.82, 2.24) is 24.6 Å². The summed E-state index contributed by atoms with van der Waals surface area (Å²) in [6, 6.07) is 0. The Balaban J connectivity index is 1.50. The number of likely N-dealkylation sites (tertiary alicyclic amines) is 1. The summed E-state index contributed by atoms with van der Waals surface area (Å²) in [4.78, 5) is 23.1. The standard InChI is InChI=1S/C16H23N5OS/c1-2-14-10-23-16(19-14)13-5-3-7-20(9-13)15(22)6-4-8-21-12-17-11-18-21/h10-13H,2-9H2,1H3/t13-/m0/s1. The maximum atomic E-state index is 12.4. The summed E-state index contributed by atoms with van der Waals surface area (Å²) in [6.45, 7) is 4.57. The second-order valence-corrected chi connectivity index (χ2v) is 6.86. The van der Waals surface area contributed by atoms with Gasteiger partial charge in [0.1, 0.15) is 12.7 Å². The number of carbonyl (C=O) groups excluding carboxylic acids is 1. The van der Waals surface area contributed by atoms with Crippen LogP contribution in [-0.2, 0) is 17.8 Å². The van der Waals surface area contributed by atoms with Crippen LogP contribution in [0.25, 0.3) is 0 Å². The van der Waals surface area contributed by atoms with E-state index in [1.165, 1.54) is 17.0 Å². The number of nitrogens with zero attached hydrogens (tertiary/aromatic N) is 5. The zero-order valence-corrected chi connectivity index (χ0v) is 14.3. The fraction of sp³-hybridized carbons (Fsp3) is 0.625. The van der Waals surface area contributed by atoms with Crippen LogP contribution >= 0.6 is 11.3 Å². The van der Waals surface area contributed by atoms with Crippen molar-refractivity contribution in [3.05, 3.63) is 28.7 Å². The van der Waals surface area contributed by atoms with Crippen molar-refractivity contribution in [2.24, 2.45) is 0 Å². The van der Waals surface area contributed by atoms with E-state index in [2.05, 4.69) is 22.4 Å².